The summed E-state index contributed by atoms with van der Waals surface area (Å²) in [4.78, 5) is 0. The topological polar surface area (TPSA) is 89.9 Å². The molecule has 0 aliphatic heterocycles. The Morgan fingerprint density at radius 1 is 1.19 bits per heavy atom. The van der Waals surface area contributed by atoms with Crippen molar-refractivity contribution in [2.45, 2.75) is 6.92 Å². The van der Waals surface area contributed by atoms with Gasteiger partial charge in [0.2, 0.25) is 0 Å². The minimum absolute atomic E-state index is 0.610. The SMILES string of the molecule is Cc1ccc(/C=N\N)c2cc(/C=N\N)oc12. The first-order chi connectivity index (χ1) is 7.76. The lowest BCUT2D eigenvalue weighted by atomic mass is 10.1. The van der Waals surface area contributed by atoms with E-state index in [9.17, 15) is 0 Å². The molecule has 16 heavy (non-hydrogen) atoms. The van der Waals surface area contributed by atoms with Gasteiger partial charge in [0.25, 0.3) is 0 Å². The van der Waals surface area contributed by atoms with E-state index in [0.29, 0.717) is 5.76 Å². The second-order valence-electron chi connectivity index (χ2n) is 3.42. The van der Waals surface area contributed by atoms with Crippen LogP contribution in [-0.2, 0) is 0 Å². The largest absolute Gasteiger partial charge is 0.455 e. The molecule has 2 rings (SSSR count). The molecule has 0 spiro atoms. The predicted octanol–water partition coefficient (Wildman–Crippen LogP) is 1.33. The lowest BCUT2D eigenvalue weighted by Gasteiger charge is -1.97. The van der Waals surface area contributed by atoms with Gasteiger partial charge in [0.15, 0.2) is 0 Å². The summed E-state index contributed by atoms with van der Waals surface area (Å²) in [5.74, 6) is 10.8. The van der Waals surface area contributed by atoms with Gasteiger partial charge in [-0.15, -0.1) is 0 Å². The molecule has 0 radical (unpaired) electrons. The third-order valence-corrected chi connectivity index (χ3v) is 2.35. The molecule has 0 aliphatic rings. The smallest absolute Gasteiger partial charge is 0.148 e. The Hall–Kier alpha value is -2.30. The molecule has 0 amide bonds. The van der Waals surface area contributed by atoms with E-state index in [-0.39, 0.29) is 0 Å². The first-order valence-electron chi connectivity index (χ1n) is 4.76. The summed E-state index contributed by atoms with van der Waals surface area (Å²) in [6, 6.07) is 5.74. The number of rotatable bonds is 2. The molecule has 1 aromatic heterocycles. The third-order valence-electron chi connectivity index (χ3n) is 2.35. The van der Waals surface area contributed by atoms with E-state index in [1.807, 2.05) is 25.1 Å². The van der Waals surface area contributed by atoms with Crippen molar-refractivity contribution < 1.29 is 4.42 Å². The van der Waals surface area contributed by atoms with Gasteiger partial charge in [-0.1, -0.05) is 12.1 Å². The highest BCUT2D eigenvalue weighted by atomic mass is 16.3. The molecule has 0 atom stereocenters. The quantitative estimate of drug-likeness (QED) is 0.450. The van der Waals surface area contributed by atoms with Crippen molar-refractivity contribution in [2.24, 2.45) is 21.9 Å². The lowest BCUT2D eigenvalue weighted by Crippen LogP contribution is -1.87. The summed E-state index contributed by atoms with van der Waals surface area (Å²) >= 11 is 0. The fourth-order valence-corrected chi connectivity index (χ4v) is 1.63. The highest BCUT2D eigenvalue weighted by molar-refractivity contribution is 6.01. The number of hydrazone groups is 2. The van der Waals surface area contributed by atoms with Crippen LogP contribution in [0.15, 0.2) is 32.8 Å². The molecule has 82 valence electrons. The Morgan fingerprint density at radius 2 is 1.94 bits per heavy atom. The van der Waals surface area contributed by atoms with Crippen LogP contribution in [0.4, 0.5) is 0 Å². The summed E-state index contributed by atoms with van der Waals surface area (Å²) in [6.45, 7) is 1.97. The molecule has 1 aromatic carbocycles. The summed E-state index contributed by atoms with van der Waals surface area (Å²) in [5, 5.41) is 7.89. The van der Waals surface area contributed by atoms with Gasteiger partial charge in [0.1, 0.15) is 11.3 Å². The molecule has 5 nitrogen and oxygen atoms in total. The zero-order valence-corrected chi connectivity index (χ0v) is 8.84. The van der Waals surface area contributed by atoms with Crippen LogP contribution < -0.4 is 11.7 Å². The minimum Gasteiger partial charge on any atom is -0.455 e. The Balaban J connectivity index is 2.72. The van der Waals surface area contributed by atoms with E-state index in [4.69, 9.17) is 16.1 Å². The van der Waals surface area contributed by atoms with E-state index in [2.05, 4.69) is 10.2 Å². The first-order valence-corrected chi connectivity index (χ1v) is 4.76. The maximum atomic E-state index is 5.59. The molecule has 4 N–H and O–H groups in total. The van der Waals surface area contributed by atoms with Crippen LogP contribution in [0.1, 0.15) is 16.9 Å². The van der Waals surface area contributed by atoms with Gasteiger partial charge in [0, 0.05) is 10.9 Å². The van der Waals surface area contributed by atoms with E-state index in [0.717, 1.165) is 22.1 Å². The first kappa shape index (κ1) is 10.2. The maximum absolute atomic E-state index is 5.59. The second kappa shape index (κ2) is 4.06. The molecule has 0 saturated carbocycles. The molecule has 0 saturated heterocycles. The lowest BCUT2D eigenvalue weighted by molar-refractivity contribution is 0.605. The van der Waals surface area contributed by atoms with E-state index < -0.39 is 0 Å². The molecule has 0 unspecified atom stereocenters. The normalized spacial score (nSPS) is 12.1. The summed E-state index contributed by atoms with van der Waals surface area (Å²) < 4.78 is 5.59. The van der Waals surface area contributed by atoms with Crippen LogP contribution >= 0.6 is 0 Å². The molecule has 0 bridgehead atoms. The highest BCUT2D eigenvalue weighted by Gasteiger charge is 2.08. The number of fused-ring (bicyclic) bond motifs is 1. The number of furan rings is 1. The van der Waals surface area contributed by atoms with Crippen molar-refractivity contribution >= 4 is 23.4 Å². The molecule has 5 heteroatoms. The molecule has 0 fully saturated rings. The molecular formula is C11H12N4O. The van der Waals surface area contributed by atoms with Gasteiger partial charge in [0.05, 0.1) is 12.4 Å². The number of hydrogen-bond donors (Lipinski definition) is 2. The molecule has 1 heterocycles. The summed E-state index contributed by atoms with van der Waals surface area (Å²) in [5.41, 5.74) is 2.75. The fraction of sp³-hybridized carbons (Fsp3) is 0.0909. The summed E-state index contributed by atoms with van der Waals surface area (Å²) in [6.07, 6.45) is 3.05. The number of nitrogens with two attached hydrogens (primary N) is 2. The number of aryl methyl sites for hydroxylation is 1. The Labute approximate surface area is 92.4 Å². The number of benzene rings is 1. The van der Waals surface area contributed by atoms with Gasteiger partial charge < -0.3 is 16.1 Å². The van der Waals surface area contributed by atoms with Crippen LogP contribution in [-0.4, -0.2) is 12.4 Å². The average molecular weight is 216 g/mol. The van der Waals surface area contributed by atoms with Gasteiger partial charge in [-0.3, -0.25) is 0 Å². The average Bonchev–Trinajstić information content (AvgIpc) is 2.68. The van der Waals surface area contributed by atoms with Crippen molar-refractivity contribution in [2.75, 3.05) is 0 Å². The van der Waals surface area contributed by atoms with Crippen LogP contribution in [0.3, 0.4) is 0 Å². The van der Waals surface area contributed by atoms with Gasteiger partial charge in [-0.05, 0) is 18.6 Å². The number of hydrogen-bond acceptors (Lipinski definition) is 5. The van der Waals surface area contributed by atoms with Gasteiger partial charge >= 0.3 is 0 Å². The van der Waals surface area contributed by atoms with Crippen molar-refractivity contribution in [3.8, 4) is 0 Å². The van der Waals surface area contributed by atoms with Crippen molar-refractivity contribution in [3.05, 3.63) is 35.1 Å². The Bertz CT molecular complexity index is 569. The van der Waals surface area contributed by atoms with Gasteiger partial charge in [-0.2, -0.15) is 10.2 Å². The predicted molar refractivity (Wildman–Crippen MR) is 64.5 cm³/mol. The molecule has 0 aliphatic carbocycles. The molecular weight excluding hydrogens is 204 g/mol. The van der Waals surface area contributed by atoms with Crippen molar-refractivity contribution in [1.29, 1.82) is 0 Å². The van der Waals surface area contributed by atoms with Crippen molar-refractivity contribution in [3.63, 3.8) is 0 Å². The Morgan fingerprint density at radius 3 is 2.62 bits per heavy atom. The van der Waals surface area contributed by atoms with Crippen LogP contribution in [0.5, 0.6) is 0 Å². The van der Waals surface area contributed by atoms with Crippen molar-refractivity contribution in [1.82, 2.24) is 0 Å². The zero-order chi connectivity index (χ0) is 11.5. The van der Waals surface area contributed by atoms with Gasteiger partial charge in [-0.25, -0.2) is 0 Å². The monoisotopic (exact) mass is 216 g/mol. The zero-order valence-electron chi connectivity index (χ0n) is 8.84. The van der Waals surface area contributed by atoms with Crippen LogP contribution in [0, 0.1) is 6.92 Å². The minimum atomic E-state index is 0.610. The molecule has 2 aromatic rings. The van der Waals surface area contributed by atoms with Crippen LogP contribution in [0.25, 0.3) is 11.0 Å². The third kappa shape index (κ3) is 1.63. The number of nitrogens with zero attached hydrogens (tertiary/aromatic N) is 2. The second-order valence-corrected chi connectivity index (χ2v) is 3.42. The van der Waals surface area contributed by atoms with E-state index in [1.54, 1.807) is 6.21 Å². The highest BCUT2D eigenvalue weighted by Crippen LogP contribution is 2.24. The summed E-state index contributed by atoms with van der Waals surface area (Å²) in [7, 11) is 0. The fourth-order valence-electron chi connectivity index (χ4n) is 1.63. The Kier molecular flexibility index (Phi) is 2.59. The van der Waals surface area contributed by atoms with Crippen LogP contribution in [0.2, 0.25) is 0 Å². The van der Waals surface area contributed by atoms with E-state index in [1.165, 1.54) is 6.21 Å². The van der Waals surface area contributed by atoms with E-state index >= 15 is 0 Å². The standard InChI is InChI=1S/C11H12N4O/c1-7-2-3-8(5-14-12)10-4-9(6-15-13)16-11(7)10/h2-6H,12-13H2,1H3/b14-5-,15-6-. The maximum Gasteiger partial charge on any atom is 0.148 e.